The summed E-state index contributed by atoms with van der Waals surface area (Å²) in [6.45, 7) is 0. The number of carbonyl (C=O) groups is 1. The van der Waals surface area contributed by atoms with Gasteiger partial charge in [0.25, 0.3) is 5.91 Å². The number of nitrogens with zero attached hydrogens (tertiary/aromatic N) is 3. The molecule has 8 nitrogen and oxygen atoms in total. The third-order valence-electron chi connectivity index (χ3n) is 7.93. The Bertz CT molecular complexity index is 1640. The van der Waals surface area contributed by atoms with Gasteiger partial charge in [0.1, 0.15) is 11.5 Å². The number of benzene rings is 3. The number of rotatable bonds is 7. The van der Waals surface area contributed by atoms with Crippen LogP contribution in [0.5, 0.6) is 23.0 Å². The summed E-state index contributed by atoms with van der Waals surface area (Å²) in [7, 11) is 6.52. The maximum Gasteiger partial charge on any atom is 0.286 e. The van der Waals surface area contributed by atoms with E-state index in [1.807, 2.05) is 53.5 Å². The van der Waals surface area contributed by atoms with Gasteiger partial charge in [0.05, 0.1) is 45.1 Å². The molecule has 3 aromatic carbocycles. The number of hydrogen-bond acceptors (Lipinski definition) is 8. The van der Waals surface area contributed by atoms with Gasteiger partial charge in [0.2, 0.25) is 0 Å². The Morgan fingerprint density at radius 2 is 1.49 bits per heavy atom. The quantitative estimate of drug-likeness (QED) is 0.272. The predicted molar refractivity (Wildman–Crippen MR) is 171 cm³/mol. The van der Waals surface area contributed by atoms with E-state index in [1.54, 1.807) is 28.4 Å². The van der Waals surface area contributed by atoms with Crippen molar-refractivity contribution in [3.05, 3.63) is 93.9 Å². The molecule has 0 radical (unpaired) electrons. The molecule has 2 aliphatic heterocycles. The van der Waals surface area contributed by atoms with E-state index in [-0.39, 0.29) is 17.9 Å². The van der Waals surface area contributed by atoms with Crippen molar-refractivity contribution in [1.29, 1.82) is 0 Å². The molecular weight excluding hydrogens is 562 g/mol. The van der Waals surface area contributed by atoms with Gasteiger partial charge in [0.15, 0.2) is 16.7 Å². The molecule has 3 aliphatic rings. The molecule has 1 amide bonds. The molecule has 0 bridgehead atoms. The molecule has 0 saturated heterocycles. The number of thioether (sulfide) groups is 1. The number of allylic oxidation sites excluding steroid dienone is 1. The smallest absolute Gasteiger partial charge is 0.286 e. The first-order chi connectivity index (χ1) is 21.0. The largest absolute Gasteiger partial charge is 0.497 e. The molecule has 0 N–H and O–H groups in total. The van der Waals surface area contributed by atoms with E-state index in [2.05, 4.69) is 35.3 Å². The predicted octanol–water partition coefficient (Wildman–Crippen LogP) is 6.99. The van der Waals surface area contributed by atoms with Gasteiger partial charge >= 0.3 is 0 Å². The highest BCUT2D eigenvalue weighted by atomic mass is 32.2. The van der Waals surface area contributed by atoms with Crippen molar-refractivity contribution >= 4 is 40.7 Å². The molecular formula is C34H33N3O5S. The van der Waals surface area contributed by atoms with Gasteiger partial charge in [-0.15, -0.1) is 0 Å². The van der Waals surface area contributed by atoms with Gasteiger partial charge in [-0.3, -0.25) is 4.79 Å². The van der Waals surface area contributed by atoms with E-state index >= 15 is 0 Å². The minimum Gasteiger partial charge on any atom is -0.497 e. The highest BCUT2D eigenvalue weighted by Crippen LogP contribution is 2.47. The van der Waals surface area contributed by atoms with Crippen LogP contribution in [0.1, 0.15) is 42.0 Å². The van der Waals surface area contributed by atoms with Crippen LogP contribution < -0.4 is 18.9 Å². The lowest BCUT2D eigenvalue weighted by Crippen LogP contribution is -2.30. The summed E-state index contributed by atoms with van der Waals surface area (Å²) in [6.07, 6.45) is 7.03. The first kappa shape index (κ1) is 28.6. The second-order valence-electron chi connectivity index (χ2n) is 10.4. The SMILES string of the molecule is COc1ccc(/C=C2\CCCC3C2=NN(C2=NC(=O)/C(=C/c4ccc(OC)c(OC)c4)S2)C3c2ccc(OC)cc2)cc1. The zero-order valence-electron chi connectivity index (χ0n) is 24.6. The Labute approximate surface area is 255 Å². The molecule has 2 atom stereocenters. The summed E-state index contributed by atoms with van der Waals surface area (Å²) in [5.41, 5.74) is 5.28. The summed E-state index contributed by atoms with van der Waals surface area (Å²) >= 11 is 1.35. The molecule has 0 spiro atoms. The first-order valence-corrected chi connectivity index (χ1v) is 14.9. The van der Waals surface area contributed by atoms with Crippen molar-refractivity contribution in [2.24, 2.45) is 16.0 Å². The highest BCUT2D eigenvalue weighted by molar-refractivity contribution is 8.18. The molecule has 1 fully saturated rings. The lowest BCUT2D eigenvalue weighted by atomic mass is 9.77. The van der Waals surface area contributed by atoms with E-state index in [9.17, 15) is 4.79 Å². The van der Waals surface area contributed by atoms with Crippen LogP contribution >= 0.6 is 11.8 Å². The number of ether oxygens (including phenoxy) is 4. The Kier molecular flexibility index (Phi) is 8.24. The minimum atomic E-state index is -0.285. The lowest BCUT2D eigenvalue weighted by Gasteiger charge is -2.30. The van der Waals surface area contributed by atoms with Crippen LogP contribution in [0.3, 0.4) is 0 Å². The summed E-state index contributed by atoms with van der Waals surface area (Å²) in [5.74, 6) is 2.71. The van der Waals surface area contributed by atoms with Gasteiger partial charge < -0.3 is 18.9 Å². The lowest BCUT2D eigenvalue weighted by molar-refractivity contribution is -0.113. The molecule has 3 aromatic rings. The number of hydrazone groups is 1. The van der Waals surface area contributed by atoms with Gasteiger partial charge in [0, 0.05) is 5.92 Å². The molecule has 43 heavy (non-hydrogen) atoms. The van der Waals surface area contributed by atoms with Crippen molar-refractivity contribution in [3.8, 4) is 23.0 Å². The second kappa shape index (κ2) is 12.4. The second-order valence-corrected chi connectivity index (χ2v) is 11.4. The van der Waals surface area contributed by atoms with E-state index in [1.165, 1.54) is 17.3 Å². The normalized spacial score (nSPS) is 21.5. The summed E-state index contributed by atoms with van der Waals surface area (Å²) in [4.78, 5) is 18.2. The maximum atomic E-state index is 13.2. The monoisotopic (exact) mass is 595 g/mol. The number of aliphatic imine (C=N–C) groups is 1. The van der Waals surface area contributed by atoms with Crippen LogP contribution in [0.15, 0.2) is 87.3 Å². The van der Waals surface area contributed by atoms with Crippen LogP contribution in [0, 0.1) is 5.92 Å². The molecule has 2 heterocycles. The van der Waals surface area contributed by atoms with E-state index in [0.29, 0.717) is 21.6 Å². The zero-order chi connectivity index (χ0) is 29.9. The van der Waals surface area contributed by atoms with E-state index in [4.69, 9.17) is 24.0 Å². The Morgan fingerprint density at radius 3 is 2.16 bits per heavy atom. The zero-order valence-corrected chi connectivity index (χ0v) is 25.4. The minimum absolute atomic E-state index is 0.0973. The third kappa shape index (κ3) is 5.77. The average molecular weight is 596 g/mol. The standard InChI is InChI=1S/C34H33N3O5S/c1-39-25-13-8-21(9-14-25)18-24-6-5-7-27-31(24)36-37(32(27)23-11-15-26(40-2)16-12-23)34-35-33(38)30(43-34)20-22-10-17-28(41-3)29(19-22)42-4/h8-20,27,32H,5-7H2,1-4H3/b24-18+,30-20-. The summed E-state index contributed by atoms with van der Waals surface area (Å²) in [5, 5.41) is 7.71. The van der Waals surface area contributed by atoms with Gasteiger partial charge in [-0.2, -0.15) is 10.1 Å². The first-order valence-electron chi connectivity index (χ1n) is 14.1. The highest BCUT2D eigenvalue weighted by Gasteiger charge is 2.44. The average Bonchev–Trinajstić information content (AvgIpc) is 3.62. The van der Waals surface area contributed by atoms with Crippen LogP contribution in [-0.2, 0) is 4.79 Å². The number of methoxy groups -OCH3 is 4. The van der Waals surface area contributed by atoms with Crippen molar-refractivity contribution in [2.75, 3.05) is 28.4 Å². The molecule has 6 rings (SSSR count). The maximum absolute atomic E-state index is 13.2. The molecule has 2 unspecified atom stereocenters. The van der Waals surface area contributed by atoms with Crippen molar-refractivity contribution < 1.29 is 23.7 Å². The van der Waals surface area contributed by atoms with Crippen molar-refractivity contribution in [1.82, 2.24) is 5.01 Å². The van der Waals surface area contributed by atoms with Crippen molar-refractivity contribution in [2.45, 2.75) is 25.3 Å². The van der Waals surface area contributed by atoms with Crippen LogP contribution in [0.4, 0.5) is 0 Å². The number of amides is 1. The van der Waals surface area contributed by atoms with Gasteiger partial charge in [-0.05, 0) is 102 Å². The van der Waals surface area contributed by atoms with E-state index < -0.39 is 0 Å². The molecule has 220 valence electrons. The molecule has 0 aromatic heterocycles. The Balaban J connectivity index is 1.35. The Hall–Kier alpha value is -4.50. The number of amidine groups is 1. The van der Waals surface area contributed by atoms with Crippen molar-refractivity contribution in [3.63, 3.8) is 0 Å². The fourth-order valence-electron chi connectivity index (χ4n) is 5.78. The van der Waals surface area contributed by atoms with Gasteiger partial charge in [-0.1, -0.05) is 30.3 Å². The third-order valence-corrected chi connectivity index (χ3v) is 8.90. The summed E-state index contributed by atoms with van der Waals surface area (Å²) in [6, 6.07) is 21.6. The van der Waals surface area contributed by atoms with Gasteiger partial charge in [-0.25, -0.2) is 5.01 Å². The fraction of sp³-hybridized carbons (Fsp3) is 0.265. The summed E-state index contributed by atoms with van der Waals surface area (Å²) < 4.78 is 21.6. The number of fused-ring (bicyclic) bond motifs is 1. The van der Waals surface area contributed by atoms with E-state index in [0.717, 1.165) is 53.2 Å². The number of hydrogen-bond donors (Lipinski definition) is 0. The molecule has 9 heteroatoms. The fourth-order valence-corrected chi connectivity index (χ4v) is 6.68. The van der Waals surface area contributed by atoms with Crippen LogP contribution in [-0.4, -0.2) is 50.2 Å². The van der Waals surface area contributed by atoms with Crippen LogP contribution in [0.2, 0.25) is 0 Å². The Morgan fingerprint density at radius 1 is 0.814 bits per heavy atom. The number of carbonyl (C=O) groups excluding carboxylic acids is 1. The molecule has 1 saturated carbocycles. The van der Waals surface area contributed by atoms with Crippen LogP contribution in [0.25, 0.3) is 12.2 Å². The topological polar surface area (TPSA) is 82.0 Å². The molecule has 1 aliphatic carbocycles.